The first-order valence-corrected chi connectivity index (χ1v) is 3.53. The van der Waals surface area contributed by atoms with Crippen molar-refractivity contribution < 1.29 is 10.2 Å². The van der Waals surface area contributed by atoms with Crippen LogP contribution in [-0.4, -0.2) is 21.8 Å². The lowest BCUT2D eigenvalue weighted by atomic mass is 10.1. The van der Waals surface area contributed by atoms with E-state index in [4.69, 9.17) is 5.11 Å². The number of hydrogen-bond acceptors (Lipinski definition) is 3. The number of aromatic nitrogens is 1. The highest BCUT2D eigenvalue weighted by Crippen LogP contribution is 2.13. The maximum Gasteiger partial charge on any atom is 0.0826 e. The van der Waals surface area contributed by atoms with Crippen molar-refractivity contribution in [3.63, 3.8) is 0 Å². The molecule has 0 radical (unpaired) electrons. The lowest BCUT2D eigenvalue weighted by Gasteiger charge is -2.06. The van der Waals surface area contributed by atoms with E-state index in [1.165, 1.54) is 0 Å². The van der Waals surface area contributed by atoms with Crippen molar-refractivity contribution >= 4 is 0 Å². The molecule has 1 rings (SSSR count). The number of nitrogens with zero attached hydrogens (tertiary/aromatic N) is 1. The Kier molecular flexibility index (Phi) is 3.01. The molecule has 0 aliphatic rings. The molecule has 0 amide bonds. The third-order valence-corrected chi connectivity index (χ3v) is 1.47. The number of aliphatic hydroxyl groups is 2. The smallest absolute Gasteiger partial charge is 0.0826 e. The van der Waals surface area contributed by atoms with E-state index in [1.807, 2.05) is 0 Å². The molecule has 0 aromatic carbocycles. The van der Waals surface area contributed by atoms with Crippen LogP contribution in [0.15, 0.2) is 24.5 Å². The second kappa shape index (κ2) is 4.05. The summed E-state index contributed by atoms with van der Waals surface area (Å²) in [7, 11) is 0. The molecular formula is C8H11NO2. The maximum absolute atomic E-state index is 9.32. The van der Waals surface area contributed by atoms with Crippen LogP contribution in [0.1, 0.15) is 18.1 Å². The fraction of sp³-hybridized carbons (Fsp3) is 0.375. The Bertz CT molecular complexity index is 201. The fourth-order valence-corrected chi connectivity index (χ4v) is 0.862. The number of pyridine rings is 1. The number of rotatable bonds is 3. The third-order valence-electron chi connectivity index (χ3n) is 1.47. The molecule has 60 valence electrons. The summed E-state index contributed by atoms with van der Waals surface area (Å²) in [6.45, 7) is -0.00391. The van der Waals surface area contributed by atoms with Gasteiger partial charge in [-0.3, -0.25) is 4.98 Å². The van der Waals surface area contributed by atoms with E-state index in [0.29, 0.717) is 6.42 Å². The van der Waals surface area contributed by atoms with Gasteiger partial charge in [-0.05, 0) is 11.6 Å². The summed E-state index contributed by atoms with van der Waals surface area (Å²) in [6.07, 6.45) is 3.02. The van der Waals surface area contributed by atoms with Crippen molar-refractivity contribution in [2.45, 2.75) is 12.5 Å². The van der Waals surface area contributed by atoms with Crippen molar-refractivity contribution in [3.05, 3.63) is 30.1 Å². The van der Waals surface area contributed by atoms with Gasteiger partial charge in [0.1, 0.15) is 0 Å². The summed E-state index contributed by atoms with van der Waals surface area (Å²) in [4.78, 5) is 3.85. The molecule has 2 N–H and O–H groups in total. The van der Waals surface area contributed by atoms with E-state index >= 15 is 0 Å². The summed E-state index contributed by atoms with van der Waals surface area (Å²) in [5.74, 6) is 0. The highest BCUT2D eigenvalue weighted by Gasteiger charge is 2.04. The first-order valence-electron chi connectivity index (χ1n) is 3.53. The minimum atomic E-state index is -0.589. The van der Waals surface area contributed by atoms with Crippen molar-refractivity contribution in [2.24, 2.45) is 0 Å². The van der Waals surface area contributed by atoms with Gasteiger partial charge in [0, 0.05) is 25.4 Å². The molecule has 0 fully saturated rings. The third kappa shape index (κ3) is 2.29. The Morgan fingerprint density at radius 1 is 1.55 bits per heavy atom. The van der Waals surface area contributed by atoms with Crippen LogP contribution in [-0.2, 0) is 0 Å². The van der Waals surface area contributed by atoms with Crippen LogP contribution in [0.5, 0.6) is 0 Å². The molecule has 3 nitrogen and oxygen atoms in total. The van der Waals surface area contributed by atoms with Crippen LogP contribution in [0.4, 0.5) is 0 Å². The maximum atomic E-state index is 9.32. The zero-order valence-electron chi connectivity index (χ0n) is 6.14. The van der Waals surface area contributed by atoms with Gasteiger partial charge in [-0.15, -0.1) is 0 Å². The van der Waals surface area contributed by atoms with Crippen molar-refractivity contribution in [1.82, 2.24) is 4.98 Å². The first-order chi connectivity index (χ1) is 5.34. The quantitative estimate of drug-likeness (QED) is 0.664. The standard InChI is InChI=1S/C8H11NO2/c10-5-3-8(11)7-2-1-4-9-6-7/h1-2,4,6,8,10-11H,3,5H2/t8-/m1/s1. The molecule has 0 aliphatic carbocycles. The van der Waals surface area contributed by atoms with Crippen LogP contribution >= 0.6 is 0 Å². The molecule has 1 heterocycles. The van der Waals surface area contributed by atoms with E-state index in [9.17, 15) is 5.11 Å². The molecule has 1 atom stereocenters. The lowest BCUT2D eigenvalue weighted by Crippen LogP contribution is -1.99. The van der Waals surface area contributed by atoms with Crippen LogP contribution in [0.3, 0.4) is 0 Å². The molecular weight excluding hydrogens is 142 g/mol. The van der Waals surface area contributed by atoms with E-state index in [-0.39, 0.29) is 6.61 Å². The SMILES string of the molecule is OCC[C@@H](O)c1cccnc1. The summed E-state index contributed by atoms with van der Waals surface area (Å²) >= 11 is 0. The van der Waals surface area contributed by atoms with Gasteiger partial charge in [-0.2, -0.15) is 0 Å². The molecule has 1 aromatic heterocycles. The second-order valence-electron chi connectivity index (χ2n) is 2.31. The largest absolute Gasteiger partial charge is 0.396 e. The van der Waals surface area contributed by atoms with Gasteiger partial charge in [0.2, 0.25) is 0 Å². The van der Waals surface area contributed by atoms with Gasteiger partial charge in [-0.1, -0.05) is 6.07 Å². The number of hydrogen-bond donors (Lipinski definition) is 2. The molecule has 1 aromatic rings. The minimum Gasteiger partial charge on any atom is -0.396 e. The van der Waals surface area contributed by atoms with Gasteiger partial charge < -0.3 is 10.2 Å². The fourth-order valence-electron chi connectivity index (χ4n) is 0.862. The highest BCUT2D eigenvalue weighted by molar-refractivity contribution is 5.11. The van der Waals surface area contributed by atoms with Crippen molar-refractivity contribution in [1.29, 1.82) is 0 Å². The minimum absolute atomic E-state index is 0.00391. The monoisotopic (exact) mass is 153 g/mol. The van der Waals surface area contributed by atoms with Crippen molar-refractivity contribution in [2.75, 3.05) is 6.61 Å². The molecule has 0 aliphatic heterocycles. The van der Waals surface area contributed by atoms with E-state index in [1.54, 1.807) is 24.5 Å². The molecule has 0 saturated carbocycles. The van der Waals surface area contributed by atoms with E-state index < -0.39 is 6.10 Å². The average molecular weight is 153 g/mol. The zero-order valence-corrected chi connectivity index (χ0v) is 6.14. The van der Waals surface area contributed by atoms with Crippen molar-refractivity contribution in [3.8, 4) is 0 Å². The normalized spacial score (nSPS) is 12.9. The van der Waals surface area contributed by atoms with Gasteiger partial charge in [0.25, 0.3) is 0 Å². The topological polar surface area (TPSA) is 53.4 Å². The van der Waals surface area contributed by atoms with Crippen LogP contribution < -0.4 is 0 Å². The summed E-state index contributed by atoms with van der Waals surface area (Å²) < 4.78 is 0. The van der Waals surface area contributed by atoms with Gasteiger partial charge in [0.15, 0.2) is 0 Å². The Hall–Kier alpha value is -0.930. The molecule has 0 bridgehead atoms. The molecule has 0 unspecified atom stereocenters. The highest BCUT2D eigenvalue weighted by atomic mass is 16.3. The predicted molar refractivity (Wildman–Crippen MR) is 40.9 cm³/mol. The Labute approximate surface area is 65.3 Å². The number of aliphatic hydroxyl groups excluding tert-OH is 2. The van der Waals surface area contributed by atoms with E-state index in [2.05, 4.69) is 4.98 Å². The Morgan fingerprint density at radius 2 is 2.36 bits per heavy atom. The first kappa shape index (κ1) is 8.17. The van der Waals surface area contributed by atoms with Gasteiger partial charge in [-0.25, -0.2) is 0 Å². The lowest BCUT2D eigenvalue weighted by molar-refractivity contribution is 0.134. The van der Waals surface area contributed by atoms with Crippen LogP contribution in [0.25, 0.3) is 0 Å². The van der Waals surface area contributed by atoms with Gasteiger partial charge in [0.05, 0.1) is 6.10 Å². The predicted octanol–water partition coefficient (Wildman–Crippen LogP) is 0.497. The summed E-state index contributed by atoms with van der Waals surface area (Å²) in [6, 6.07) is 3.54. The molecule has 0 saturated heterocycles. The van der Waals surface area contributed by atoms with Crippen LogP contribution in [0.2, 0.25) is 0 Å². The molecule has 3 heteroatoms. The van der Waals surface area contributed by atoms with Gasteiger partial charge >= 0.3 is 0 Å². The molecule has 11 heavy (non-hydrogen) atoms. The van der Waals surface area contributed by atoms with Crippen LogP contribution in [0, 0.1) is 0 Å². The second-order valence-corrected chi connectivity index (χ2v) is 2.31. The summed E-state index contributed by atoms with van der Waals surface area (Å²) in [5.41, 5.74) is 0.751. The average Bonchev–Trinajstić information content (AvgIpc) is 2.07. The molecule has 0 spiro atoms. The Morgan fingerprint density at radius 3 is 2.91 bits per heavy atom. The zero-order chi connectivity index (χ0) is 8.10. The summed E-state index contributed by atoms with van der Waals surface area (Å²) in [5, 5.41) is 17.8. The Balaban J connectivity index is 2.61. The van der Waals surface area contributed by atoms with E-state index in [0.717, 1.165) is 5.56 Å².